The standard InChI is InChI=1S/C19H20N4O2S/c1-12-13(2)26-17(21-12)10-11-20-19(25)15-6-4-14(5-7-15)16-8-9-18(24)23(3)22-16/h4-9H,10-11H2,1-3H3,(H,20,25). The van der Waals surface area contributed by atoms with Crippen LogP contribution in [0.5, 0.6) is 0 Å². The smallest absolute Gasteiger partial charge is 0.266 e. The Morgan fingerprint density at radius 1 is 1.15 bits per heavy atom. The van der Waals surface area contributed by atoms with E-state index in [0.717, 1.165) is 22.7 Å². The zero-order valence-electron chi connectivity index (χ0n) is 14.9. The number of hydrogen-bond donors (Lipinski definition) is 1. The van der Waals surface area contributed by atoms with Crippen LogP contribution in [0.15, 0.2) is 41.2 Å². The van der Waals surface area contributed by atoms with Gasteiger partial charge in [0.05, 0.1) is 16.4 Å². The molecule has 26 heavy (non-hydrogen) atoms. The average Bonchev–Trinajstić information content (AvgIpc) is 2.95. The first-order valence-electron chi connectivity index (χ1n) is 8.30. The van der Waals surface area contributed by atoms with Gasteiger partial charge < -0.3 is 5.32 Å². The van der Waals surface area contributed by atoms with Crippen LogP contribution in [0.1, 0.15) is 25.9 Å². The van der Waals surface area contributed by atoms with Gasteiger partial charge in [0.25, 0.3) is 11.5 Å². The molecule has 0 saturated carbocycles. The molecule has 6 nitrogen and oxygen atoms in total. The number of thiazole rings is 1. The first kappa shape index (κ1) is 18.0. The zero-order chi connectivity index (χ0) is 18.7. The van der Waals surface area contributed by atoms with Crippen LogP contribution in [0.3, 0.4) is 0 Å². The minimum atomic E-state index is -0.157. The van der Waals surface area contributed by atoms with Crippen molar-refractivity contribution >= 4 is 17.2 Å². The van der Waals surface area contributed by atoms with E-state index in [1.807, 2.05) is 19.1 Å². The second-order valence-corrected chi connectivity index (χ2v) is 7.30. The molecule has 0 bridgehead atoms. The minimum Gasteiger partial charge on any atom is -0.352 e. The van der Waals surface area contributed by atoms with Crippen LogP contribution in [-0.2, 0) is 13.5 Å². The number of amides is 1. The molecule has 0 radical (unpaired) electrons. The van der Waals surface area contributed by atoms with Crippen molar-refractivity contribution in [3.05, 3.63) is 67.9 Å². The summed E-state index contributed by atoms with van der Waals surface area (Å²) in [6.45, 7) is 4.60. The normalized spacial score (nSPS) is 10.7. The molecule has 0 saturated heterocycles. The molecule has 0 fully saturated rings. The minimum absolute atomic E-state index is 0.116. The van der Waals surface area contributed by atoms with Crippen molar-refractivity contribution in [2.24, 2.45) is 7.05 Å². The first-order valence-corrected chi connectivity index (χ1v) is 9.11. The van der Waals surface area contributed by atoms with Crippen molar-refractivity contribution in [1.29, 1.82) is 0 Å². The molecule has 0 atom stereocenters. The van der Waals surface area contributed by atoms with Gasteiger partial charge in [0, 0.05) is 42.1 Å². The van der Waals surface area contributed by atoms with Gasteiger partial charge in [-0.3, -0.25) is 9.59 Å². The quantitative estimate of drug-likeness (QED) is 0.751. The molecule has 3 aromatic rings. The molecule has 1 aromatic carbocycles. The van der Waals surface area contributed by atoms with E-state index in [2.05, 4.69) is 22.3 Å². The summed E-state index contributed by atoms with van der Waals surface area (Å²) in [5.74, 6) is -0.116. The van der Waals surface area contributed by atoms with E-state index in [-0.39, 0.29) is 11.5 Å². The van der Waals surface area contributed by atoms with Crippen LogP contribution in [0.2, 0.25) is 0 Å². The molecular weight excluding hydrogens is 348 g/mol. The Bertz CT molecular complexity index is 970. The van der Waals surface area contributed by atoms with Crippen molar-refractivity contribution in [3.63, 3.8) is 0 Å². The van der Waals surface area contributed by atoms with Crippen molar-refractivity contribution in [2.45, 2.75) is 20.3 Å². The molecule has 7 heteroatoms. The Morgan fingerprint density at radius 3 is 2.50 bits per heavy atom. The van der Waals surface area contributed by atoms with Gasteiger partial charge in [0.1, 0.15) is 0 Å². The van der Waals surface area contributed by atoms with Crippen LogP contribution >= 0.6 is 11.3 Å². The molecule has 0 aliphatic heterocycles. The summed E-state index contributed by atoms with van der Waals surface area (Å²) < 4.78 is 1.29. The summed E-state index contributed by atoms with van der Waals surface area (Å²) in [5.41, 5.74) is 3.03. The number of rotatable bonds is 5. The van der Waals surface area contributed by atoms with E-state index < -0.39 is 0 Å². The maximum atomic E-state index is 12.3. The lowest BCUT2D eigenvalue weighted by Gasteiger charge is -2.06. The Kier molecular flexibility index (Phi) is 5.27. The molecule has 0 aliphatic carbocycles. The monoisotopic (exact) mass is 368 g/mol. The third-order valence-corrected chi connectivity index (χ3v) is 5.23. The molecule has 1 N–H and O–H groups in total. The van der Waals surface area contributed by atoms with Crippen molar-refractivity contribution in [2.75, 3.05) is 6.54 Å². The Labute approximate surface area is 155 Å². The van der Waals surface area contributed by atoms with E-state index in [4.69, 9.17) is 0 Å². The SMILES string of the molecule is Cc1nc(CCNC(=O)c2ccc(-c3ccc(=O)n(C)n3)cc2)sc1C. The van der Waals surface area contributed by atoms with Gasteiger partial charge in [-0.25, -0.2) is 9.67 Å². The highest BCUT2D eigenvalue weighted by molar-refractivity contribution is 7.11. The van der Waals surface area contributed by atoms with E-state index in [0.29, 0.717) is 17.8 Å². The Balaban J connectivity index is 1.61. The molecule has 3 rings (SSSR count). The Hall–Kier alpha value is -2.80. The fourth-order valence-electron chi connectivity index (χ4n) is 2.48. The van der Waals surface area contributed by atoms with Crippen LogP contribution in [0.25, 0.3) is 11.3 Å². The van der Waals surface area contributed by atoms with Crippen LogP contribution in [0, 0.1) is 13.8 Å². The fourth-order valence-corrected chi connectivity index (χ4v) is 3.41. The molecule has 2 heterocycles. The lowest BCUT2D eigenvalue weighted by atomic mass is 10.1. The molecule has 0 unspecified atom stereocenters. The lowest BCUT2D eigenvalue weighted by Crippen LogP contribution is -2.25. The summed E-state index contributed by atoms with van der Waals surface area (Å²) in [6.07, 6.45) is 0.727. The van der Waals surface area contributed by atoms with Crippen molar-refractivity contribution in [1.82, 2.24) is 20.1 Å². The first-order chi connectivity index (χ1) is 12.4. The topological polar surface area (TPSA) is 76.9 Å². The number of carbonyl (C=O) groups excluding carboxylic acids is 1. The summed E-state index contributed by atoms with van der Waals surface area (Å²) >= 11 is 1.67. The number of aromatic nitrogens is 3. The number of benzene rings is 1. The van der Waals surface area contributed by atoms with E-state index in [1.165, 1.54) is 15.6 Å². The molecule has 1 amide bonds. The summed E-state index contributed by atoms with van der Waals surface area (Å²) in [6, 6.07) is 10.3. The van der Waals surface area contributed by atoms with E-state index in [1.54, 1.807) is 36.6 Å². The molecule has 134 valence electrons. The van der Waals surface area contributed by atoms with E-state index >= 15 is 0 Å². The van der Waals surface area contributed by atoms with Gasteiger partial charge in [0.15, 0.2) is 0 Å². The summed E-state index contributed by atoms with van der Waals surface area (Å²) in [7, 11) is 1.61. The van der Waals surface area contributed by atoms with Crippen molar-refractivity contribution in [3.8, 4) is 11.3 Å². The lowest BCUT2D eigenvalue weighted by molar-refractivity contribution is 0.0954. The van der Waals surface area contributed by atoms with Gasteiger partial charge in [-0.1, -0.05) is 12.1 Å². The molecule has 0 spiro atoms. The van der Waals surface area contributed by atoms with Gasteiger partial charge in [0.2, 0.25) is 0 Å². The third-order valence-electron chi connectivity index (χ3n) is 4.10. The van der Waals surface area contributed by atoms with Gasteiger partial charge in [-0.05, 0) is 32.0 Å². The second kappa shape index (κ2) is 7.61. The molecular formula is C19H20N4O2S. The number of carbonyl (C=O) groups is 1. The van der Waals surface area contributed by atoms with Gasteiger partial charge >= 0.3 is 0 Å². The van der Waals surface area contributed by atoms with Crippen LogP contribution < -0.4 is 10.9 Å². The third kappa shape index (κ3) is 4.05. The number of hydrogen-bond acceptors (Lipinski definition) is 5. The summed E-state index contributed by atoms with van der Waals surface area (Å²) in [4.78, 5) is 29.4. The van der Waals surface area contributed by atoms with Gasteiger partial charge in [-0.2, -0.15) is 5.10 Å². The highest BCUT2D eigenvalue weighted by Gasteiger charge is 2.08. The highest BCUT2D eigenvalue weighted by atomic mass is 32.1. The zero-order valence-corrected chi connectivity index (χ0v) is 15.8. The Morgan fingerprint density at radius 2 is 1.88 bits per heavy atom. The van der Waals surface area contributed by atoms with Gasteiger partial charge in [-0.15, -0.1) is 11.3 Å². The maximum Gasteiger partial charge on any atom is 0.266 e. The number of nitrogens with one attached hydrogen (secondary N) is 1. The van der Waals surface area contributed by atoms with Crippen molar-refractivity contribution < 1.29 is 4.79 Å². The van der Waals surface area contributed by atoms with Crippen LogP contribution in [0.4, 0.5) is 0 Å². The number of nitrogens with zero attached hydrogens (tertiary/aromatic N) is 3. The number of aryl methyl sites for hydroxylation is 3. The predicted molar refractivity (Wildman–Crippen MR) is 103 cm³/mol. The summed E-state index contributed by atoms with van der Waals surface area (Å²) in [5, 5.41) is 8.16. The molecule has 0 aliphatic rings. The molecule has 2 aromatic heterocycles. The van der Waals surface area contributed by atoms with E-state index in [9.17, 15) is 9.59 Å². The predicted octanol–water partition coefficient (Wildman–Crippen LogP) is 2.49. The van der Waals surface area contributed by atoms with Crippen LogP contribution in [-0.4, -0.2) is 27.2 Å². The average molecular weight is 368 g/mol. The highest BCUT2D eigenvalue weighted by Crippen LogP contribution is 2.17. The largest absolute Gasteiger partial charge is 0.352 e. The maximum absolute atomic E-state index is 12.3. The second-order valence-electron chi connectivity index (χ2n) is 6.01. The fraction of sp³-hybridized carbons (Fsp3) is 0.263.